The lowest BCUT2D eigenvalue weighted by molar-refractivity contribution is -0.116. The van der Waals surface area contributed by atoms with Crippen molar-refractivity contribution in [3.05, 3.63) is 71.3 Å². The van der Waals surface area contributed by atoms with Crippen LogP contribution in [0.4, 0.5) is 5.69 Å². The molecule has 2 N–H and O–H groups in total. The van der Waals surface area contributed by atoms with Gasteiger partial charge in [0.2, 0.25) is 5.91 Å². The molecule has 0 radical (unpaired) electrons. The van der Waals surface area contributed by atoms with Crippen molar-refractivity contribution in [2.75, 3.05) is 12.4 Å². The molecule has 0 spiro atoms. The van der Waals surface area contributed by atoms with Crippen LogP contribution >= 0.6 is 11.6 Å². The highest BCUT2D eigenvalue weighted by Gasteiger charge is 2.09. The van der Waals surface area contributed by atoms with Crippen LogP contribution in [0.15, 0.2) is 55.1 Å². The Morgan fingerprint density at radius 3 is 2.50 bits per heavy atom. The number of carbonyl (C=O) groups excluding carboxylic acids is 2. The monoisotopic (exact) mass is 344 g/mol. The first-order valence-corrected chi connectivity index (χ1v) is 7.55. The van der Waals surface area contributed by atoms with Crippen molar-refractivity contribution >= 4 is 29.1 Å². The SMILES string of the molecule is C=CC(=O)NCc1ccc(C(=O)Nc2ccc(OC)cc2Cl)cc1. The summed E-state index contributed by atoms with van der Waals surface area (Å²) in [5, 5.41) is 5.81. The van der Waals surface area contributed by atoms with E-state index in [1.54, 1.807) is 49.6 Å². The van der Waals surface area contributed by atoms with Crippen molar-refractivity contribution in [2.24, 2.45) is 0 Å². The van der Waals surface area contributed by atoms with Gasteiger partial charge in [-0.25, -0.2) is 0 Å². The van der Waals surface area contributed by atoms with E-state index in [0.29, 0.717) is 28.6 Å². The van der Waals surface area contributed by atoms with Crippen LogP contribution < -0.4 is 15.4 Å². The quantitative estimate of drug-likeness (QED) is 0.789. The second-order valence-corrected chi connectivity index (χ2v) is 5.33. The zero-order chi connectivity index (χ0) is 17.5. The Labute approximate surface area is 145 Å². The Balaban J connectivity index is 2.02. The van der Waals surface area contributed by atoms with E-state index in [9.17, 15) is 9.59 Å². The van der Waals surface area contributed by atoms with Crippen molar-refractivity contribution in [1.29, 1.82) is 0 Å². The van der Waals surface area contributed by atoms with Gasteiger partial charge in [0.05, 0.1) is 17.8 Å². The Kier molecular flexibility index (Phi) is 5.98. The van der Waals surface area contributed by atoms with Gasteiger partial charge in [0, 0.05) is 18.2 Å². The summed E-state index contributed by atoms with van der Waals surface area (Å²) in [4.78, 5) is 23.4. The second kappa shape index (κ2) is 8.17. The molecule has 0 saturated heterocycles. The van der Waals surface area contributed by atoms with Crippen molar-refractivity contribution in [1.82, 2.24) is 5.32 Å². The van der Waals surface area contributed by atoms with Crippen LogP contribution in [0.3, 0.4) is 0 Å². The fourth-order valence-electron chi connectivity index (χ4n) is 1.95. The fraction of sp³-hybridized carbons (Fsp3) is 0.111. The highest BCUT2D eigenvalue weighted by atomic mass is 35.5. The molecule has 2 amide bonds. The average Bonchev–Trinajstić information content (AvgIpc) is 2.61. The third kappa shape index (κ3) is 4.60. The minimum Gasteiger partial charge on any atom is -0.497 e. The van der Waals surface area contributed by atoms with Gasteiger partial charge >= 0.3 is 0 Å². The summed E-state index contributed by atoms with van der Waals surface area (Å²) in [6.45, 7) is 3.76. The maximum absolute atomic E-state index is 12.3. The molecule has 0 aliphatic carbocycles. The first kappa shape index (κ1) is 17.6. The van der Waals surface area contributed by atoms with Crippen LogP contribution in [0, 0.1) is 0 Å². The fourth-order valence-corrected chi connectivity index (χ4v) is 2.17. The molecule has 0 saturated carbocycles. The first-order valence-electron chi connectivity index (χ1n) is 7.17. The van der Waals surface area contributed by atoms with Crippen molar-refractivity contribution < 1.29 is 14.3 Å². The number of amides is 2. The lowest BCUT2D eigenvalue weighted by atomic mass is 10.1. The van der Waals surface area contributed by atoms with Crippen molar-refractivity contribution in [3.63, 3.8) is 0 Å². The predicted octanol–water partition coefficient (Wildman–Crippen LogP) is 3.40. The van der Waals surface area contributed by atoms with Crippen LogP contribution in [0.25, 0.3) is 0 Å². The molecule has 0 aliphatic rings. The lowest BCUT2D eigenvalue weighted by Gasteiger charge is -2.09. The van der Waals surface area contributed by atoms with Gasteiger partial charge in [-0.3, -0.25) is 9.59 Å². The Hall–Kier alpha value is -2.79. The zero-order valence-corrected chi connectivity index (χ0v) is 13.9. The topological polar surface area (TPSA) is 67.4 Å². The summed E-state index contributed by atoms with van der Waals surface area (Å²) >= 11 is 6.11. The molecule has 0 unspecified atom stereocenters. The van der Waals surface area contributed by atoms with E-state index in [1.165, 1.54) is 6.08 Å². The number of nitrogens with one attached hydrogen (secondary N) is 2. The molecule has 0 aromatic heterocycles. The molecule has 2 aromatic rings. The normalized spacial score (nSPS) is 9.92. The van der Waals surface area contributed by atoms with E-state index in [4.69, 9.17) is 16.3 Å². The van der Waals surface area contributed by atoms with E-state index < -0.39 is 0 Å². The van der Waals surface area contributed by atoms with Gasteiger partial charge in [-0.15, -0.1) is 0 Å². The largest absolute Gasteiger partial charge is 0.497 e. The van der Waals surface area contributed by atoms with E-state index in [0.717, 1.165) is 5.56 Å². The molecule has 0 heterocycles. The number of hydrogen-bond acceptors (Lipinski definition) is 3. The molecule has 0 aliphatic heterocycles. The van der Waals surface area contributed by atoms with E-state index >= 15 is 0 Å². The standard InChI is InChI=1S/C18H17ClN2O3/c1-3-17(22)20-11-12-4-6-13(7-5-12)18(23)21-16-9-8-14(24-2)10-15(16)19/h3-10H,1,11H2,2H3,(H,20,22)(H,21,23). The number of benzene rings is 2. The number of rotatable bonds is 6. The summed E-state index contributed by atoms with van der Waals surface area (Å²) in [5.74, 6) is 0.0960. The molecule has 124 valence electrons. The summed E-state index contributed by atoms with van der Waals surface area (Å²) in [5.41, 5.74) is 1.87. The van der Waals surface area contributed by atoms with Crippen LogP contribution in [0.1, 0.15) is 15.9 Å². The van der Waals surface area contributed by atoms with Crippen LogP contribution in [-0.2, 0) is 11.3 Å². The number of ether oxygens (including phenoxy) is 1. The predicted molar refractivity (Wildman–Crippen MR) is 94.4 cm³/mol. The van der Waals surface area contributed by atoms with Crippen molar-refractivity contribution in [3.8, 4) is 5.75 Å². The molecule has 0 fully saturated rings. The summed E-state index contributed by atoms with van der Waals surface area (Å²) in [6.07, 6.45) is 1.21. The first-order chi connectivity index (χ1) is 11.5. The van der Waals surface area contributed by atoms with Crippen LogP contribution in [0.2, 0.25) is 5.02 Å². The minimum atomic E-state index is -0.274. The van der Waals surface area contributed by atoms with Gasteiger partial charge in [0.1, 0.15) is 5.75 Å². The number of hydrogen-bond donors (Lipinski definition) is 2. The molecule has 6 heteroatoms. The Morgan fingerprint density at radius 2 is 1.92 bits per heavy atom. The maximum Gasteiger partial charge on any atom is 0.255 e. The molecule has 0 bridgehead atoms. The molecular weight excluding hydrogens is 328 g/mol. The summed E-state index contributed by atoms with van der Waals surface area (Å²) < 4.78 is 5.07. The van der Waals surface area contributed by atoms with Gasteiger partial charge in [0.15, 0.2) is 0 Å². The van der Waals surface area contributed by atoms with Crippen LogP contribution in [0.5, 0.6) is 5.75 Å². The smallest absolute Gasteiger partial charge is 0.255 e. The number of anilines is 1. The van der Waals surface area contributed by atoms with Gasteiger partial charge in [0.25, 0.3) is 5.91 Å². The Morgan fingerprint density at radius 1 is 1.21 bits per heavy atom. The van der Waals surface area contributed by atoms with E-state index in [1.807, 2.05) is 0 Å². The second-order valence-electron chi connectivity index (χ2n) is 4.92. The summed E-state index contributed by atoms with van der Waals surface area (Å²) in [6, 6.07) is 11.9. The van der Waals surface area contributed by atoms with Gasteiger partial charge in [-0.2, -0.15) is 0 Å². The highest BCUT2D eigenvalue weighted by Crippen LogP contribution is 2.27. The van der Waals surface area contributed by atoms with E-state index in [-0.39, 0.29) is 11.8 Å². The molecule has 0 atom stereocenters. The van der Waals surface area contributed by atoms with Gasteiger partial charge < -0.3 is 15.4 Å². The van der Waals surface area contributed by atoms with Crippen LogP contribution in [-0.4, -0.2) is 18.9 Å². The average molecular weight is 345 g/mol. The van der Waals surface area contributed by atoms with E-state index in [2.05, 4.69) is 17.2 Å². The number of carbonyl (C=O) groups is 2. The number of methoxy groups -OCH3 is 1. The zero-order valence-electron chi connectivity index (χ0n) is 13.1. The lowest BCUT2D eigenvalue weighted by Crippen LogP contribution is -2.20. The van der Waals surface area contributed by atoms with Gasteiger partial charge in [-0.05, 0) is 35.9 Å². The molecule has 24 heavy (non-hydrogen) atoms. The molecular formula is C18H17ClN2O3. The number of halogens is 1. The highest BCUT2D eigenvalue weighted by molar-refractivity contribution is 6.34. The molecule has 2 aromatic carbocycles. The van der Waals surface area contributed by atoms with Crippen molar-refractivity contribution in [2.45, 2.75) is 6.54 Å². The molecule has 2 rings (SSSR count). The third-order valence-corrected chi connectivity index (χ3v) is 3.61. The molecule has 5 nitrogen and oxygen atoms in total. The van der Waals surface area contributed by atoms with Gasteiger partial charge in [-0.1, -0.05) is 30.3 Å². The summed E-state index contributed by atoms with van der Waals surface area (Å²) in [7, 11) is 1.54. The Bertz CT molecular complexity index is 757. The minimum absolute atomic E-state index is 0.244. The third-order valence-electron chi connectivity index (χ3n) is 3.29. The maximum atomic E-state index is 12.3.